The summed E-state index contributed by atoms with van der Waals surface area (Å²) < 4.78 is 35.2. The van der Waals surface area contributed by atoms with Gasteiger partial charge in [-0.1, -0.05) is 36.4 Å². The van der Waals surface area contributed by atoms with E-state index in [0.29, 0.717) is 17.0 Å². The lowest BCUT2D eigenvalue weighted by Crippen LogP contribution is -2.27. The third-order valence-electron chi connectivity index (χ3n) is 5.74. The summed E-state index contributed by atoms with van der Waals surface area (Å²) in [4.78, 5) is -0.357. The number of aromatic nitrogens is 2. The van der Waals surface area contributed by atoms with Crippen LogP contribution in [0.1, 0.15) is 11.1 Å². The SMILES string of the molecule is Cc1ccccc1-n1nccc1-c1cc(S(=O)(=O)N(C)Cc2ccccc2OCCO)c(O)cc1O. The highest BCUT2D eigenvalue weighted by Crippen LogP contribution is 2.39. The Bertz CT molecular complexity index is 1480. The second kappa shape index (κ2) is 10.4. The molecule has 1 heterocycles. The Morgan fingerprint density at radius 1 is 1.00 bits per heavy atom. The molecule has 0 spiro atoms. The van der Waals surface area contributed by atoms with Crippen LogP contribution in [0.2, 0.25) is 0 Å². The number of aromatic hydroxyl groups is 2. The Hall–Kier alpha value is -3.86. The lowest BCUT2D eigenvalue weighted by Gasteiger charge is -2.20. The first-order valence-electron chi connectivity index (χ1n) is 11.2. The van der Waals surface area contributed by atoms with E-state index in [1.807, 2.05) is 31.2 Å². The Labute approximate surface area is 209 Å². The lowest BCUT2D eigenvalue weighted by molar-refractivity contribution is 0.199. The van der Waals surface area contributed by atoms with E-state index >= 15 is 0 Å². The van der Waals surface area contributed by atoms with Gasteiger partial charge in [-0.3, -0.25) is 0 Å². The zero-order chi connectivity index (χ0) is 25.9. The fraction of sp³-hybridized carbons (Fsp3) is 0.192. The summed E-state index contributed by atoms with van der Waals surface area (Å²) in [5.41, 5.74) is 2.96. The summed E-state index contributed by atoms with van der Waals surface area (Å²) in [6.45, 7) is 1.78. The third-order valence-corrected chi connectivity index (χ3v) is 7.57. The van der Waals surface area contributed by atoms with Crippen LogP contribution in [0.25, 0.3) is 16.9 Å². The van der Waals surface area contributed by atoms with Crippen LogP contribution < -0.4 is 4.74 Å². The van der Waals surface area contributed by atoms with Crippen LogP contribution >= 0.6 is 0 Å². The summed E-state index contributed by atoms with van der Waals surface area (Å²) in [6.07, 6.45) is 1.55. The first-order chi connectivity index (χ1) is 17.2. The predicted octanol–water partition coefficient (Wildman–Crippen LogP) is 3.45. The zero-order valence-electron chi connectivity index (χ0n) is 19.9. The van der Waals surface area contributed by atoms with Gasteiger partial charge in [0.05, 0.1) is 24.2 Å². The van der Waals surface area contributed by atoms with E-state index in [1.54, 1.807) is 41.2 Å². The van der Waals surface area contributed by atoms with E-state index in [0.717, 1.165) is 21.6 Å². The Balaban J connectivity index is 1.73. The summed E-state index contributed by atoms with van der Waals surface area (Å²) in [5.74, 6) is -0.409. The molecular formula is C26H27N3O6S. The first-order valence-corrected chi connectivity index (χ1v) is 12.6. The number of aliphatic hydroxyl groups is 1. The fourth-order valence-electron chi connectivity index (χ4n) is 3.89. The molecule has 0 aliphatic rings. The number of hydrogen-bond donors (Lipinski definition) is 3. The van der Waals surface area contributed by atoms with E-state index < -0.39 is 15.8 Å². The van der Waals surface area contributed by atoms with Crippen molar-refractivity contribution in [3.8, 4) is 34.2 Å². The van der Waals surface area contributed by atoms with Crippen molar-refractivity contribution in [2.75, 3.05) is 20.3 Å². The van der Waals surface area contributed by atoms with Gasteiger partial charge in [-0.25, -0.2) is 13.1 Å². The van der Waals surface area contributed by atoms with E-state index in [-0.39, 0.29) is 36.0 Å². The highest BCUT2D eigenvalue weighted by molar-refractivity contribution is 7.89. The second-order valence-electron chi connectivity index (χ2n) is 8.19. The molecule has 9 nitrogen and oxygen atoms in total. The second-order valence-corrected chi connectivity index (χ2v) is 10.2. The molecule has 0 aliphatic carbocycles. The molecule has 0 atom stereocenters. The van der Waals surface area contributed by atoms with Crippen LogP contribution in [0.4, 0.5) is 0 Å². The molecule has 0 unspecified atom stereocenters. The van der Waals surface area contributed by atoms with Crippen molar-refractivity contribution in [2.24, 2.45) is 0 Å². The molecule has 0 fully saturated rings. The topological polar surface area (TPSA) is 125 Å². The van der Waals surface area contributed by atoms with Gasteiger partial charge in [0.25, 0.3) is 0 Å². The van der Waals surface area contributed by atoms with Gasteiger partial charge in [0.1, 0.15) is 28.8 Å². The van der Waals surface area contributed by atoms with Crippen molar-refractivity contribution in [3.05, 3.63) is 84.1 Å². The lowest BCUT2D eigenvalue weighted by atomic mass is 10.1. The summed E-state index contributed by atoms with van der Waals surface area (Å²) in [7, 11) is -2.79. The number of ether oxygens (including phenoxy) is 1. The van der Waals surface area contributed by atoms with E-state index in [1.165, 1.54) is 13.1 Å². The number of para-hydroxylation sites is 2. The molecule has 36 heavy (non-hydrogen) atoms. The molecule has 0 saturated carbocycles. The van der Waals surface area contributed by atoms with Crippen LogP contribution in [0, 0.1) is 6.92 Å². The highest BCUT2D eigenvalue weighted by atomic mass is 32.2. The molecule has 4 aromatic rings. The number of phenols is 2. The highest BCUT2D eigenvalue weighted by Gasteiger charge is 2.28. The van der Waals surface area contributed by atoms with Gasteiger partial charge in [-0.15, -0.1) is 0 Å². The van der Waals surface area contributed by atoms with Crippen LogP contribution in [0.15, 0.2) is 77.8 Å². The monoisotopic (exact) mass is 509 g/mol. The molecule has 0 saturated heterocycles. The van der Waals surface area contributed by atoms with Crippen LogP contribution in [-0.4, -0.2) is 58.1 Å². The maximum absolute atomic E-state index is 13.5. The molecule has 188 valence electrons. The van der Waals surface area contributed by atoms with Gasteiger partial charge in [0.15, 0.2) is 0 Å². The van der Waals surface area contributed by atoms with Gasteiger partial charge < -0.3 is 20.1 Å². The minimum Gasteiger partial charge on any atom is -0.507 e. The number of aliphatic hydroxyl groups excluding tert-OH is 1. The summed E-state index contributed by atoms with van der Waals surface area (Å²) in [5, 5.41) is 34.6. The van der Waals surface area contributed by atoms with Gasteiger partial charge in [0.2, 0.25) is 10.0 Å². The minimum absolute atomic E-state index is 0.0409. The summed E-state index contributed by atoms with van der Waals surface area (Å²) in [6, 6.07) is 18.4. The van der Waals surface area contributed by atoms with Crippen molar-refractivity contribution in [3.63, 3.8) is 0 Å². The molecule has 10 heteroatoms. The fourth-order valence-corrected chi connectivity index (χ4v) is 5.13. The molecule has 3 N–H and O–H groups in total. The molecule has 0 aliphatic heterocycles. The number of hydrogen-bond acceptors (Lipinski definition) is 7. The van der Waals surface area contributed by atoms with Crippen molar-refractivity contribution in [1.82, 2.24) is 14.1 Å². The Morgan fingerprint density at radius 2 is 1.72 bits per heavy atom. The van der Waals surface area contributed by atoms with E-state index in [9.17, 15) is 18.6 Å². The molecule has 0 bridgehead atoms. The van der Waals surface area contributed by atoms with Crippen LogP contribution in [0.5, 0.6) is 17.2 Å². The Morgan fingerprint density at radius 3 is 2.47 bits per heavy atom. The van der Waals surface area contributed by atoms with Gasteiger partial charge in [-0.2, -0.15) is 9.40 Å². The van der Waals surface area contributed by atoms with Gasteiger partial charge >= 0.3 is 0 Å². The standard InChI is InChI=1S/C26H27N3O6S/c1-18-7-3-5-9-21(18)29-22(11-12-27-29)20-15-26(24(32)16-23(20)31)36(33,34)28(2)17-19-8-4-6-10-25(19)35-14-13-30/h3-12,15-16,30-32H,13-14,17H2,1-2H3. The van der Waals surface area contributed by atoms with Crippen LogP contribution in [0.3, 0.4) is 0 Å². The van der Waals surface area contributed by atoms with Crippen molar-refractivity contribution in [2.45, 2.75) is 18.4 Å². The quantitative estimate of drug-likeness (QED) is 0.316. The molecule has 4 rings (SSSR count). The average Bonchev–Trinajstić information content (AvgIpc) is 3.33. The van der Waals surface area contributed by atoms with Crippen molar-refractivity contribution in [1.29, 1.82) is 0 Å². The first kappa shape index (κ1) is 25.2. The largest absolute Gasteiger partial charge is 0.507 e. The Kier molecular flexibility index (Phi) is 7.30. The predicted molar refractivity (Wildman–Crippen MR) is 135 cm³/mol. The summed E-state index contributed by atoms with van der Waals surface area (Å²) >= 11 is 0. The molecule has 3 aromatic carbocycles. The number of rotatable bonds is 9. The third kappa shape index (κ3) is 4.92. The van der Waals surface area contributed by atoms with E-state index in [4.69, 9.17) is 9.84 Å². The smallest absolute Gasteiger partial charge is 0.246 e. The van der Waals surface area contributed by atoms with Crippen molar-refractivity contribution < 1.29 is 28.5 Å². The molecule has 0 radical (unpaired) electrons. The molecular weight excluding hydrogens is 482 g/mol. The van der Waals surface area contributed by atoms with Crippen LogP contribution in [-0.2, 0) is 16.6 Å². The maximum atomic E-state index is 13.5. The average molecular weight is 510 g/mol. The number of sulfonamides is 1. The number of benzene rings is 3. The molecule has 0 amide bonds. The molecule has 1 aromatic heterocycles. The normalized spacial score (nSPS) is 11.7. The number of aryl methyl sites for hydroxylation is 1. The van der Waals surface area contributed by atoms with Gasteiger partial charge in [-0.05, 0) is 36.8 Å². The number of nitrogens with zero attached hydrogens (tertiary/aromatic N) is 3. The number of phenolic OH excluding ortho intramolecular Hbond substituents is 2. The van der Waals surface area contributed by atoms with Gasteiger partial charge in [0, 0.05) is 30.8 Å². The zero-order valence-corrected chi connectivity index (χ0v) is 20.7. The van der Waals surface area contributed by atoms with E-state index in [2.05, 4.69) is 5.10 Å². The minimum atomic E-state index is -4.18. The maximum Gasteiger partial charge on any atom is 0.246 e. The van der Waals surface area contributed by atoms with Crippen molar-refractivity contribution >= 4 is 10.0 Å².